The summed E-state index contributed by atoms with van der Waals surface area (Å²) in [5.74, 6) is 0.874. The molecule has 0 heterocycles. The Morgan fingerprint density at radius 2 is 1.59 bits per heavy atom. The number of phenols is 1. The van der Waals surface area contributed by atoms with E-state index < -0.39 is 0 Å². The van der Waals surface area contributed by atoms with Gasteiger partial charge in [-0.2, -0.15) is 0 Å². The molecular formula is C20H27NO. The maximum absolute atomic E-state index is 10.4. The molecule has 0 aliphatic rings. The summed E-state index contributed by atoms with van der Waals surface area (Å²) >= 11 is 0. The van der Waals surface area contributed by atoms with Gasteiger partial charge in [0.25, 0.3) is 0 Å². The van der Waals surface area contributed by atoms with Crippen molar-refractivity contribution < 1.29 is 5.11 Å². The number of rotatable bonds is 5. The summed E-state index contributed by atoms with van der Waals surface area (Å²) in [6.45, 7) is 10.6. The summed E-state index contributed by atoms with van der Waals surface area (Å²) in [6, 6.07) is 14.9. The first-order valence-corrected chi connectivity index (χ1v) is 8.01. The summed E-state index contributed by atoms with van der Waals surface area (Å²) < 4.78 is 0. The lowest BCUT2D eigenvalue weighted by atomic mass is 9.93. The first-order valence-electron chi connectivity index (χ1n) is 8.01. The fraction of sp³-hybridized carbons (Fsp3) is 0.400. The van der Waals surface area contributed by atoms with E-state index in [0.717, 1.165) is 11.1 Å². The monoisotopic (exact) mass is 297 g/mol. The third-order valence-corrected chi connectivity index (χ3v) is 4.20. The molecule has 0 aromatic heterocycles. The molecule has 2 heteroatoms. The van der Waals surface area contributed by atoms with Crippen LogP contribution in [0, 0.1) is 19.8 Å². The number of hydrogen-bond acceptors (Lipinski definition) is 2. The Morgan fingerprint density at radius 3 is 2.18 bits per heavy atom. The lowest BCUT2D eigenvalue weighted by Crippen LogP contribution is -2.28. The highest BCUT2D eigenvalue weighted by Crippen LogP contribution is 2.32. The van der Waals surface area contributed by atoms with Crippen molar-refractivity contribution in [1.82, 2.24) is 5.32 Å². The van der Waals surface area contributed by atoms with Crippen molar-refractivity contribution in [3.05, 3.63) is 64.7 Å². The topological polar surface area (TPSA) is 32.3 Å². The van der Waals surface area contributed by atoms with Crippen molar-refractivity contribution in [1.29, 1.82) is 0 Å². The zero-order valence-corrected chi connectivity index (χ0v) is 14.2. The number of aryl methyl sites for hydroxylation is 2. The van der Waals surface area contributed by atoms with Crippen LogP contribution in [0.25, 0.3) is 0 Å². The number of phenolic OH excluding ortho intramolecular Hbond substituents is 1. The molecule has 118 valence electrons. The second kappa shape index (κ2) is 6.97. The number of hydrogen-bond donors (Lipinski definition) is 2. The van der Waals surface area contributed by atoms with Crippen molar-refractivity contribution >= 4 is 0 Å². The van der Waals surface area contributed by atoms with E-state index in [9.17, 15) is 5.11 Å². The molecule has 0 fully saturated rings. The van der Waals surface area contributed by atoms with Crippen LogP contribution >= 0.6 is 0 Å². The summed E-state index contributed by atoms with van der Waals surface area (Å²) in [6.07, 6.45) is 0. The quantitative estimate of drug-likeness (QED) is 0.808. The highest BCUT2D eigenvalue weighted by molar-refractivity contribution is 5.44. The Hall–Kier alpha value is -1.80. The maximum Gasteiger partial charge on any atom is 0.123 e. The van der Waals surface area contributed by atoms with Gasteiger partial charge in [0.05, 0.1) is 0 Å². The van der Waals surface area contributed by atoms with Crippen LogP contribution in [-0.2, 0) is 0 Å². The lowest BCUT2D eigenvalue weighted by Gasteiger charge is -2.28. The predicted molar refractivity (Wildman–Crippen MR) is 93.2 cm³/mol. The van der Waals surface area contributed by atoms with Gasteiger partial charge >= 0.3 is 0 Å². The van der Waals surface area contributed by atoms with E-state index >= 15 is 0 Å². The van der Waals surface area contributed by atoms with Crippen LogP contribution in [0.2, 0.25) is 0 Å². The molecule has 0 amide bonds. The summed E-state index contributed by atoms with van der Waals surface area (Å²) in [5, 5.41) is 14.1. The normalized spacial score (nSPS) is 14.1. The zero-order valence-electron chi connectivity index (χ0n) is 14.2. The van der Waals surface area contributed by atoms with Crippen LogP contribution in [0.5, 0.6) is 5.75 Å². The van der Waals surface area contributed by atoms with Crippen LogP contribution in [0.15, 0.2) is 42.5 Å². The molecule has 2 aromatic rings. The summed E-state index contributed by atoms with van der Waals surface area (Å²) in [4.78, 5) is 0. The molecule has 0 saturated carbocycles. The van der Waals surface area contributed by atoms with Gasteiger partial charge in [0.1, 0.15) is 5.75 Å². The molecule has 22 heavy (non-hydrogen) atoms. The highest BCUT2D eigenvalue weighted by Gasteiger charge is 2.20. The zero-order chi connectivity index (χ0) is 16.3. The molecule has 0 unspecified atom stereocenters. The molecule has 0 radical (unpaired) electrons. The first-order chi connectivity index (χ1) is 10.4. The van der Waals surface area contributed by atoms with E-state index in [-0.39, 0.29) is 12.1 Å². The second-order valence-electron chi connectivity index (χ2n) is 6.54. The molecule has 0 aliphatic carbocycles. The van der Waals surface area contributed by atoms with Crippen molar-refractivity contribution in [3.63, 3.8) is 0 Å². The average Bonchev–Trinajstić information content (AvgIpc) is 2.48. The van der Waals surface area contributed by atoms with E-state index in [4.69, 9.17) is 0 Å². The van der Waals surface area contributed by atoms with Crippen molar-refractivity contribution in [2.24, 2.45) is 5.92 Å². The molecule has 2 aromatic carbocycles. The van der Waals surface area contributed by atoms with E-state index in [1.165, 1.54) is 11.1 Å². The summed E-state index contributed by atoms with van der Waals surface area (Å²) in [5.41, 5.74) is 4.37. The van der Waals surface area contributed by atoms with E-state index in [1.54, 1.807) is 0 Å². The molecular weight excluding hydrogens is 270 g/mol. The van der Waals surface area contributed by atoms with E-state index in [2.05, 4.69) is 63.3 Å². The fourth-order valence-electron chi connectivity index (χ4n) is 3.02. The molecule has 2 rings (SSSR count). The maximum atomic E-state index is 10.4. The summed E-state index contributed by atoms with van der Waals surface area (Å²) in [7, 11) is 0. The van der Waals surface area contributed by atoms with Crippen molar-refractivity contribution in [2.45, 2.75) is 46.7 Å². The van der Waals surface area contributed by atoms with Gasteiger partial charge in [-0.3, -0.25) is 0 Å². The minimum Gasteiger partial charge on any atom is -0.507 e. The standard InChI is InChI=1S/C20H27NO/c1-13(2)19(17-9-7-6-8-10-17)21-16(5)18-12-14(3)11-15(4)20(18)22/h6-13,16,19,21-22H,1-5H3/t16-,19-/m1/s1. The second-order valence-corrected chi connectivity index (χ2v) is 6.54. The van der Waals surface area contributed by atoms with Crippen molar-refractivity contribution in [3.8, 4) is 5.75 Å². The smallest absolute Gasteiger partial charge is 0.123 e. The molecule has 0 spiro atoms. The number of benzene rings is 2. The Bertz CT molecular complexity index is 619. The highest BCUT2D eigenvalue weighted by atomic mass is 16.3. The van der Waals surface area contributed by atoms with Crippen LogP contribution in [0.1, 0.15) is 55.1 Å². The minimum absolute atomic E-state index is 0.0891. The Kier molecular flexibility index (Phi) is 5.25. The van der Waals surface area contributed by atoms with E-state index in [1.807, 2.05) is 19.1 Å². The van der Waals surface area contributed by atoms with Crippen LogP contribution in [-0.4, -0.2) is 5.11 Å². The Morgan fingerprint density at radius 1 is 0.955 bits per heavy atom. The number of aromatic hydroxyl groups is 1. The number of nitrogens with one attached hydrogen (secondary N) is 1. The fourth-order valence-corrected chi connectivity index (χ4v) is 3.02. The third-order valence-electron chi connectivity index (χ3n) is 4.20. The molecule has 0 aliphatic heterocycles. The first kappa shape index (κ1) is 16.6. The van der Waals surface area contributed by atoms with Gasteiger partial charge in [-0.15, -0.1) is 0 Å². The van der Waals surface area contributed by atoms with Gasteiger partial charge < -0.3 is 10.4 Å². The van der Waals surface area contributed by atoms with Gasteiger partial charge in [-0.25, -0.2) is 0 Å². The predicted octanol–water partition coefficient (Wildman–Crippen LogP) is 5.06. The van der Waals surface area contributed by atoms with Gasteiger partial charge in [0, 0.05) is 17.6 Å². The third kappa shape index (κ3) is 3.69. The van der Waals surface area contributed by atoms with Gasteiger partial charge in [0.2, 0.25) is 0 Å². The molecule has 2 N–H and O–H groups in total. The van der Waals surface area contributed by atoms with Crippen molar-refractivity contribution in [2.75, 3.05) is 0 Å². The van der Waals surface area contributed by atoms with Gasteiger partial charge in [-0.05, 0) is 37.8 Å². The molecule has 2 nitrogen and oxygen atoms in total. The van der Waals surface area contributed by atoms with E-state index in [0.29, 0.717) is 11.7 Å². The van der Waals surface area contributed by atoms with Crippen LogP contribution in [0.4, 0.5) is 0 Å². The molecule has 0 saturated heterocycles. The largest absolute Gasteiger partial charge is 0.507 e. The lowest BCUT2D eigenvalue weighted by molar-refractivity contribution is 0.365. The van der Waals surface area contributed by atoms with Gasteiger partial charge in [-0.1, -0.05) is 61.9 Å². The minimum atomic E-state index is 0.0891. The van der Waals surface area contributed by atoms with Crippen LogP contribution < -0.4 is 5.32 Å². The Labute approximate surface area is 134 Å². The molecule has 2 atom stereocenters. The average molecular weight is 297 g/mol. The molecule has 0 bridgehead atoms. The van der Waals surface area contributed by atoms with Crippen LogP contribution in [0.3, 0.4) is 0 Å². The van der Waals surface area contributed by atoms with Gasteiger partial charge in [0.15, 0.2) is 0 Å². The Balaban J connectivity index is 2.28. The SMILES string of the molecule is Cc1cc(C)c(O)c([C@@H](C)N[C@@H](c2ccccc2)C(C)C)c1.